The molecule has 2 amide bonds. The fourth-order valence-corrected chi connectivity index (χ4v) is 4.97. The molecule has 0 atom stereocenters. The second-order valence-corrected chi connectivity index (χ2v) is 9.56. The highest BCUT2D eigenvalue weighted by Crippen LogP contribution is 2.29. The molecule has 2 aliphatic rings. The van der Waals surface area contributed by atoms with Crippen molar-refractivity contribution in [3.63, 3.8) is 0 Å². The lowest BCUT2D eigenvalue weighted by atomic mass is 9.98. The van der Waals surface area contributed by atoms with E-state index in [1.807, 2.05) is 17.0 Å². The zero-order valence-corrected chi connectivity index (χ0v) is 20.1. The van der Waals surface area contributed by atoms with Gasteiger partial charge in [0, 0.05) is 62.6 Å². The molecule has 6 heteroatoms. The molecule has 4 rings (SSSR count). The Morgan fingerprint density at radius 2 is 1.70 bits per heavy atom. The molecule has 6 nitrogen and oxygen atoms in total. The first-order chi connectivity index (χ1) is 15.9. The summed E-state index contributed by atoms with van der Waals surface area (Å²) < 4.78 is 0. The zero-order valence-electron chi connectivity index (χ0n) is 20.1. The van der Waals surface area contributed by atoms with E-state index in [1.165, 1.54) is 30.2 Å². The highest BCUT2D eigenvalue weighted by Gasteiger charge is 2.21. The minimum atomic E-state index is -0.135. The van der Waals surface area contributed by atoms with Crippen molar-refractivity contribution in [3.05, 3.63) is 58.7 Å². The van der Waals surface area contributed by atoms with Crippen molar-refractivity contribution in [2.75, 3.05) is 29.9 Å². The van der Waals surface area contributed by atoms with Crippen LogP contribution in [0.15, 0.2) is 36.4 Å². The maximum absolute atomic E-state index is 12.9. The summed E-state index contributed by atoms with van der Waals surface area (Å²) in [5.41, 5.74) is 6.38. The molecule has 0 bridgehead atoms. The van der Waals surface area contributed by atoms with Crippen molar-refractivity contribution in [3.8, 4) is 0 Å². The highest BCUT2D eigenvalue weighted by atomic mass is 16.2. The molecule has 2 aliphatic heterocycles. The number of anilines is 2. The van der Waals surface area contributed by atoms with Crippen LogP contribution in [-0.2, 0) is 24.3 Å². The van der Waals surface area contributed by atoms with Gasteiger partial charge < -0.3 is 20.4 Å². The fraction of sp³-hybridized carbons (Fsp3) is 0.481. The number of likely N-dealkylation sites (tertiary alicyclic amines) is 1. The highest BCUT2D eigenvalue weighted by molar-refractivity contribution is 5.97. The number of benzene rings is 2. The van der Waals surface area contributed by atoms with Gasteiger partial charge in [0.25, 0.3) is 5.91 Å². The van der Waals surface area contributed by atoms with Gasteiger partial charge in [-0.2, -0.15) is 0 Å². The summed E-state index contributed by atoms with van der Waals surface area (Å²) in [7, 11) is 0. The Labute approximate surface area is 197 Å². The number of carbonyl (C=O) groups is 2. The smallest absolute Gasteiger partial charge is 0.253 e. The maximum atomic E-state index is 12.9. The summed E-state index contributed by atoms with van der Waals surface area (Å²) in [6.07, 6.45) is 4.45. The van der Waals surface area contributed by atoms with Crippen LogP contribution in [-0.4, -0.2) is 42.4 Å². The Morgan fingerprint density at radius 3 is 2.42 bits per heavy atom. The molecule has 176 valence electrons. The van der Waals surface area contributed by atoms with Crippen molar-refractivity contribution in [2.24, 2.45) is 0 Å². The van der Waals surface area contributed by atoms with E-state index in [-0.39, 0.29) is 11.8 Å². The van der Waals surface area contributed by atoms with Crippen LogP contribution in [0.4, 0.5) is 11.4 Å². The Hall–Kier alpha value is -2.86. The van der Waals surface area contributed by atoms with E-state index < -0.39 is 0 Å². The van der Waals surface area contributed by atoms with Gasteiger partial charge in [-0.15, -0.1) is 0 Å². The topological polar surface area (TPSA) is 64.7 Å². The number of nitrogens with zero attached hydrogens (tertiary/aromatic N) is 2. The molecule has 1 saturated heterocycles. The number of carbonyl (C=O) groups excluding carboxylic acids is 2. The molecule has 0 unspecified atom stereocenters. The van der Waals surface area contributed by atoms with E-state index in [0.717, 1.165) is 51.0 Å². The minimum Gasteiger partial charge on any atom is -0.369 e. The van der Waals surface area contributed by atoms with Crippen LogP contribution >= 0.6 is 0 Å². The van der Waals surface area contributed by atoms with Gasteiger partial charge in [0.15, 0.2) is 0 Å². The van der Waals surface area contributed by atoms with Gasteiger partial charge in [-0.3, -0.25) is 9.59 Å². The van der Waals surface area contributed by atoms with E-state index in [9.17, 15) is 9.59 Å². The summed E-state index contributed by atoms with van der Waals surface area (Å²) in [5.74, 6) is -0.0884. The van der Waals surface area contributed by atoms with Gasteiger partial charge >= 0.3 is 0 Å². The lowest BCUT2D eigenvalue weighted by molar-refractivity contribution is -0.114. The first-order valence-corrected chi connectivity index (χ1v) is 12.2. The van der Waals surface area contributed by atoms with Gasteiger partial charge in [0.1, 0.15) is 0 Å². The molecular formula is C27H36N4O2. The molecule has 0 spiro atoms. The number of fused-ring (bicyclic) bond motifs is 1. The van der Waals surface area contributed by atoms with Gasteiger partial charge in [-0.05, 0) is 80.5 Å². The standard InChI is InChI=1S/C27H36N4O2/c1-19(2)31-12-6-7-23-13-21(8-9-26(23)31)17-28-18-22-14-24(16-25(15-22)29-20(3)32)27(33)30-10-4-5-11-30/h8-9,13-16,19,28H,4-7,10-12,17-18H2,1-3H3,(H,29,32). The molecule has 0 aliphatic carbocycles. The van der Waals surface area contributed by atoms with Crippen LogP contribution in [0.1, 0.15) is 67.1 Å². The lowest BCUT2D eigenvalue weighted by Crippen LogP contribution is -2.35. The second kappa shape index (κ2) is 10.4. The SMILES string of the molecule is CC(=O)Nc1cc(CNCc2ccc3c(c2)CCCN3C(C)C)cc(C(=O)N2CCCC2)c1. The van der Waals surface area contributed by atoms with Crippen LogP contribution in [0, 0.1) is 0 Å². The number of rotatable bonds is 7. The van der Waals surface area contributed by atoms with Crippen molar-refractivity contribution in [2.45, 2.75) is 65.6 Å². The molecule has 0 aromatic heterocycles. The number of hydrogen-bond acceptors (Lipinski definition) is 4. The van der Waals surface area contributed by atoms with Crippen LogP contribution < -0.4 is 15.5 Å². The van der Waals surface area contributed by atoms with Crippen LogP contribution in [0.5, 0.6) is 0 Å². The zero-order chi connectivity index (χ0) is 23.4. The molecule has 2 heterocycles. The summed E-state index contributed by atoms with van der Waals surface area (Å²) >= 11 is 0. The van der Waals surface area contributed by atoms with Gasteiger partial charge in [-0.25, -0.2) is 0 Å². The Balaban J connectivity index is 1.44. The van der Waals surface area contributed by atoms with Crippen molar-refractivity contribution in [1.29, 1.82) is 0 Å². The van der Waals surface area contributed by atoms with E-state index >= 15 is 0 Å². The normalized spacial score (nSPS) is 15.6. The first kappa shape index (κ1) is 23.3. The molecule has 0 radical (unpaired) electrons. The van der Waals surface area contributed by atoms with Gasteiger partial charge in [0.2, 0.25) is 5.91 Å². The van der Waals surface area contributed by atoms with Crippen LogP contribution in [0.3, 0.4) is 0 Å². The molecule has 33 heavy (non-hydrogen) atoms. The number of nitrogens with one attached hydrogen (secondary N) is 2. The predicted molar refractivity (Wildman–Crippen MR) is 134 cm³/mol. The third-order valence-corrected chi connectivity index (χ3v) is 6.53. The Morgan fingerprint density at radius 1 is 0.939 bits per heavy atom. The Bertz CT molecular complexity index is 1010. The van der Waals surface area contributed by atoms with Gasteiger partial charge in [0.05, 0.1) is 0 Å². The maximum Gasteiger partial charge on any atom is 0.253 e. The second-order valence-electron chi connectivity index (χ2n) is 9.56. The average molecular weight is 449 g/mol. The molecular weight excluding hydrogens is 412 g/mol. The van der Waals surface area contributed by atoms with Crippen LogP contribution in [0.2, 0.25) is 0 Å². The van der Waals surface area contributed by atoms with Crippen molar-refractivity contribution in [1.82, 2.24) is 10.2 Å². The summed E-state index contributed by atoms with van der Waals surface area (Å²) in [6, 6.07) is 13.0. The molecule has 1 fully saturated rings. The summed E-state index contributed by atoms with van der Waals surface area (Å²) in [4.78, 5) is 28.9. The fourth-order valence-electron chi connectivity index (χ4n) is 4.97. The molecule has 2 N–H and O–H groups in total. The van der Waals surface area contributed by atoms with E-state index in [1.54, 1.807) is 6.07 Å². The molecule has 0 saturated carbocycles. The molecule has 2 aromatic rings. The van der Waals surface area contributed by atoms with E-state index in [0.29, 0.717) is 23.8 Å². The predicted octanol–water partition coefficient (Wildman–Crippen LogP) is 4.33. The molecule has 2 aromatic carbocycles. The number of hydrogen-bond donors (Lipinski definition) is 2. The Kier molecular flexibility index (Phi) is 7.33. The first-order valence-electron chi connectivity index (χ1n) is 12.2. The van der Waals surface area contributed by atoms with Crippen LogP contribution in [0.25, 0.3) is 0 Å². The largest absolute Gasteiger partial charge is 0.369 e. The minimum absolute atomic E-state index is 0.0466. The van der Waals surface area contributed by atoms with Crippen molar-refractivity contribution >= 4 is 23.2 Å². The third-order valence-electron chi connectivity index (χ3n) is 6.53. The number of amides is 2. The average Bonchev–Trinajstić information content (AvgIpc) is 3.32. The number of aryl methyl sites for hydroxylation is 1. The van der Waals surface area contributed by atoms with E-state index in [2.05, 4.69) is 47.6 Å². The van der Waals surface area contributed by atoms with Crippen molar-refractivity contribution < 1.29 is 9.59 Å². The van der Waals surface area contributed by atoms with E-state index in [4.69, 9.17) is 0 Å². The monoisotopic (exact) mass is 448 g/mol. The lowest BCUT2D eigenvalue weighted by Gasteiger charge is -2.35. The quantitative estimate of drug-likeness (QED) is 0.662. The summed E-state index contributed by atoms with van der Waals surface area (Å²) in [5, 5.41) is 6.37. The van der Waals surface area contributed by atoms with Gasteiger partial charge in [-0.1, -0.05) is 12.1 Å². The summed E-state index contributed by atoms with van der Waals surface area (Å²) in [6.45, 7) is 10.1. The third kappa shape index (κ3) is 5.74.